The van der Waals surface area contributed by atoms with Crippen LogP contribution in [0.2, 0.25) is 0 Å². The van der Waals surface area contributed by atoms with Crippen LogP contribution in [0.4, 0.5) is 0 Å². The third kappa shape index (κ3) is 4.16. The molecule has 1 rings (SSSR count). The summed E-state index contributed by atoms with van der Waals surface area (Å²) >= 11 is 0. The van der Waals surface area contributed by atoms with Crippen molar-refractivity contribution in [1.82, 2.24) is 9.80 Å². The molecule has 0 N–H and O–H groups in total. The highest BCUT2D eigenvalue weighted by Crippen LogP contribution is 1.98. The van der Waals surface area contributed by atoms with Crippen LogP contribution in [-0.4, -0.2) is 61.4 Å². The minimum absolute atomic E-state index is 0.370. The van der Waals surface area contributed by atoms with Crippen LogP contribution in [0.5, 0.6) is 0 Å². The second-order valence-electron chi connectivity index (χ2n) is 3.22. The van der Waals surface area contributed by atoms with Gasteiger partial charge >= 0.3 is 6.73 Å². The molecule has 0 amide bonds. The van der Waals surface area contributed by atoms with Gasteiger partial charge in [0.05, 0.1) is 0 Å². The first-order valence-corrected chi connectivity index (χ1v) is 4.29. The van der Waals surface area contributed by atoms with Crippen molar-refractivity contribution in [3.8, 4) is 0 Å². The molecular weight excluding hydrogens is 174 g/mol. The minimum atomic E-state index is -0.462. The van der Waals surface area contributed by atoms with Gasteiger partial charge in [0, 0.05) is 31.1 Å². The van der Waals surface area contributed by atoms with Crippen molar-refractivity contribution in [3.63, 3.8) is 0 Å². The molecule has 0 unspecified atom stereocenters. The first-order valence-electron chi connectivity index (χ1n) is 4.29. The quantitative estimate of drug-likeness (QED) is 0.337. The lowest BCUT2D eigenvalue weighted by atomic mass is 10.3. The average Bonchev–Trinajstić information content (AvgIpc) is 2.08. The van der Waals surface area contributed by atoms with Crippen molar-refractivity contribution in [2.75, 3.05) is 46.7 Å². The van der Waals surface area contributed by atoms with E-state index in [1.165, 1.54) is 0 Å². The number of piperazine rings is 1. The number of likely N-dealkylation sites (N-methyl/N-ethyl adjacent to an activating group) is 1. The van der Waals surface area contributed by atoms with Crippen molar-refractivity contribution in [3.05, 3.63) is 10.1 Å². The molecule has 1 aliphatic heterocycles. The summed E-state index contributed by atoms with van der Waals surface area (Å²) in [4.78, 5) is 13.8. The third-order valence-electron chi connectivity index (χ3n) is 2.07. The van der Waals surface area contributed by atoms with Crippen LogP contribution in [0.1, 0.15) is 0 Å². The molecule has 6 heteroatoms. The van der Waals surface area contributed by atoms with E-state index in [4.69, 9.17) is 4.74 Å². The maximum Gasteiger partial charge on any atom is 0.307 e. The molecule has 0 aromatic carbocycles. The van der Waals surface area contributed by atoms with Crippen LogP contribution in [0.3, 0.4) is 0 Å². The van der Waals surface area contributed by atoms with E-state index in [0.29, 0.717) is 6.73 Å². The van der Waals surface area contributed by atoms with Gasteiger partial charge in [-0.05, 0) is 7.05 Å². The zero-order valence-electron chi connectivity index (χ0n) is 7.81. The molecule has 0 bridgehead atoms. The fourth-order valence-electron chi connectivity index (χ4n) is 1.22. The van der Waals surface area contributed by atoms with E-state index in [-0.39, 0.29) is 0 Å². The lowest BCUT2D eigenvalue weighted by molar-refractivity contribution is -0.528. The van der Waals surface area contributed by atoms with Crippen molar-refractivity contribution < 1.29 is 9.66 Å². The van der Waals surface area contributed by atoms with Gasteiger partial charge in [0.1, 0.15) is 6.73 Å². The smallest absolute Gasteiger partial charge is 0.304 e. The van der Waals surface area contributed by atoms with Gasteiger partial charge < -0.3 is 9.64 Å². The van der Waals surface area contributed by atoms with Gasteiger partial charge in [-0.3, -0.25) is 15.0 Å². The molecule has 1 aliphatic rings. The Bertz CT molecular complexity index is 168. The van der Waals surface area contributed by atoms with E-state index in [9.17, 15) is 10.1 Å². The fraction of sp³-hybridized carbons (Fsp3) is 1.00. The first-order chi connectivity index (χ1) is 6.18. The zero-order valence-corrected chi connectivity index (χ0v) is 7.81. The molecule has 0 aromatic rings. The lowest BCUT2D eigenvalue weighted by Gasteiger charge is -2.31. The Morgan fingerprint density at radius 1 is 1.38 bits per heavy atom. The highest BCUT2D eigenvalue weighted by molar-refractivity contribution is 4.66. The third-order valence-corrected chi connectivity index (χ3v) is 2.07. The summed E-state index contributed by atoms with van der Waals surface area (Å²) in [7, 11) is 2.06. The predicted octanol–water partition coefficient (Wildman–Crippen LogP) is -0.558. The number of hydrogen-bond acceptors (Lipinski definition) is 5. The topological polar surface area (TPSA) is 58.8 Å². The van der Waals surface area contributed by atoms with Gasteiger partial charge in [0.25, 0.3) is 0 Å². The fourth-order valence-corrected chi connectivity index (χ4v) is 1.22. The summed E-state index contributed by atoms with van der Waals surface area (Å²) < 4.78 is 4.88. The summed E-state index contributed by atoms with van der Waals surface area (Å²) in [5, 5.41) is 9.95. The maximum absolute atomic E-state index is 9.95. The molecule has 0 aliphatic carbocycles. The standard InChI is InChI=1S/C7H15N3O3/c1-8-2-4-9(5-3-8)6-13-7-10(11)12/h2-7H2,1H3. The molecule has 0 aromatic heterocycles. The Kier molecular flexibility index (Phi) is 4.07. The number of nitro groups is 1. The van der Waals surface area contributed by atoms with Crippen LogP contribution in [0.15, 0.2) is 0 Å². The van der Waals surface area contributed by atoms with Crippen LogP contribution in [-0.2, 0) is 4.74 Å². The maximum atomic E-state index is 9.95. The summed E-state index contributed by atoms with van der Waals surface area (Å²) in [6.45, 7) is 3.83. The average molecular weight is 189 g/mol. The van der Waals surface area contributed by atoms with Gasteiger partial charge in [-0.2, -0.15) is 0 Å². The van der Waals surface area contributed by atoms with Crippen LogP contribution in [0, 0.1) is 10.1 Å². The van der Waals surface area contributed by atoms with Gasteiger partial charge in [0.2, 0.25) is 0 Å². The molecule has 1 heterocycles. The van der Waals surface area contributed by atoms with Gasteiger partial charge in [-0.15, -0.1) is 0 Å². The van der Waals surface area contributed by atoms with Crippen LogP contribution < -0.4 is 0 Å². The van der Waals surface area contributed by atoms with E-state index < -0.39 is 11.7 Å². The monoisotopic (exact) mass is 189 g/mol. The molecule has 0 saturated carbocycles. The molecule has 13 heavy (non-hydrogen) atoms. The van der Waals surface area contributed by atoms with E-state index in [2.05, 4.69) is 16.8 Å². The number of nitrogens with zero attached hydrogens (tertiary/aromatic N) is 3. The number of hydrogen-bond donors (Lipinski definition) is 0. The summed E-state index contributed by atoms with van der Waals surface area (Å²) in [6, 6.07) is 0. The largest absolute Gasteiger partial charge is 0.307 e. The Morgan fingerprint density at radius 3 is 2.54 bits per heavy atom. The van der Waals surface area contributed by atoms with E-state index in [1.807, 2.05) is 0 Å². The lowest BCUT2D eigenvalue weighted by Crippen LogP contribution is -2.45. The molecule has 0 radical (unpaired) electrons. The second kappa shape index (κ2) is 5.11. The second-order valence-corrected chi connectivity index (χ2v) is 3.22. The summed E-state index contributed by atoms with van der Waals surface area (Å²) in [5.41, 5.74) is 0. The summed E-state index contributed by atoms with van der Waals surface area (Å²) in [5.74, 6) is 0. The normalized spacial score (nSPS) is 20.4. The van der Waals surface area contributed by atoms with Crippen molar-refractivity contribution in [1.29, 1.82) is 0 Å². The number of rotatable bonds is 4. The van der Waals surface area contributed by atoms with Crippen molar-refractivity contribution in [2.24, 2.45) is 0 Å². The zero-order chi connectivity index (χ0) is 9.68. The van der Waals surface area contributed by atoms with Crippen LogP contribution in [0.25, 0.3) is 0 Å². The van der Waals surface area contributed by atoms with E-state index in [0.717, 1.165) is 26.2 Å². The summed E-state index contributed by atoms with van der Waals surface area (Å²) in [6.07, 6.45) is 0. The predicted molar refractivity (Wildman–Crippen MR) is 46.9 cm³/mol. The molecule has 1 fully saturated rings. The van der Waals surface area contributed by atoms with E-state index >= 15 is 0 Å². The Morgan fingerprint density at radius 2 is 2.00 bits per heavy atom. The highest BCUT2D eigenvalue weighted by Gasteiger charge is 2.13. The highest BCUT2D eigenvalue weighted by atomic mass is 16.7. The Labute approximate surface area is 77.2 Å². The first kappa shape index (κ1) is 10.4. The molecule has 0 atom stereocenters. The molecule has 6 nitrogen and oxygen atoms in total. The van der Waals surface area contributed by atoms with Crippen LogP contribution >= 0.6 is 0 Å². The Hall–Kier alpha value is -0.720. The van der Waals surface area contributed by atoms with Gasteiger partial charge in [-0.1, -0.05) is 0 Å². The van der Waals surface area contributed by atoms with Crippen molar-refractivity contribution in [2.45, 2.75) is 0 Å². The van der Waals surface area contributed by atoms with Gasteiger partial charge in [-0.25, -0.2) is 0 Å². The molecular formula is C7H15N3O3. The Balaban J connectivity index is 2.05. The minimum Gasteiger partial charge on any atom is -0.304 e. The van der Waals surface area contributed by atoms with Gasteiger partial charge in [0.15, 0.2) is 0 Å². The number of ether oxygens (including phenoxy) is 1. The molecule has 1 saturated heterocycles. The SMILES string of the molecule is CN1CCN(COC[N+](=O)[O-])CC1. The molecule has 76 valence electrons. The molecule has 0 spiro atoms. The van der Waals surface area contributed by atoms with Crippen molar-refractivity contribution >= 4 is 0 Å². The van der Waals surface area contributed by atoms with E-state index in [1.54, 1.807) is 0 Å².